The Morgan fingerprint density at radius 2 is 1.76 bits per heavy atom. The lowest BCUT2D eigenvalue weighted by Crippen LogP contribution is -2.08. The summed E-state index contributed by atoms with van der Waals surface area (Å²) in [7, 11) is 1.28. The maximum Gasteiger partial charge on any atom is 0.446 e. The molecule has 1 aromatic rings. The molecule has 0 bridgehead atoms. The highest BCUT2D eigenvalue weighted by molar-refractivity contribution is 8.03. The number of rotatable bonds is 3. The Hall–Kier alpha value is -1.24. The second-order valence-electron chi connectivity index (χ2n) is 2.84. The third-order valence-corrected chi connectivity index (χ3v) is 2.61. The van der Waals surface area contributed by atoms with E-state index in [9.17, 15) is 22.0 Å². The van der Waals surface area contributed by atoms with E-state index in [-0.39, 0.29) is 22.4 Å². The van der Waals surface area contributed by atoms with E-state index >= 15 is 0 Å². The van der Waals surface area contributed by atoms with Crippen LogP contribution in [0.15, 0.2) is 40.1 Å². The summed E-state index contributed by atoms with van der Waals surface area (Å²) in [6, 6.07) is 5.79. The van der Waals surface area contributed by atoms with Gasteiger partial charge in [-0.2, -0.15) is 22.0 Å². The van der Waals surface area contributed by atoms with Gasteiger partial charge >= 0.3 is 6.18 Å². The zero-order valence-electron chi connectivity index (χ0n) is 8.52. The second kappa shape index (κ2) is 5.39. The first-order valence-corrected chi connectivity index (χ1v) is 5.11. The van der Waals surface area contributed by atoms with Crippen LogP contribution in [0.4, 0.5) is 22.0 Å². The maximum atomic E-state index is 13.0. The lowest BCUT2D eigenvalue weighted by atomic mass is 10.3. The fourth-order valence-electron chi connectivity index (χ4n) is 0.956. The van der Waals surface area contributed by atoms with Crippen LogP contribution in [0, 0.1) is 0 Å². The third kappa shape index (κ3) is 3.62. The number of allylic oxidation sites excluding steroid dienone is 1. The molecule has 7 heteroatoms. The molecule has 0 saturated heterocycles. The largest absolute Gasteiger partial charge is 0.496 e. The van der Waals surface area contributed by atoms with Gasteiger partial charge in [0.1, 0.15) is 5.75 Å². The molecule has 0 N–H and O–H groups in total. The number of benzene rings is 1. The third-order valence-electron chi connectivity index (χ3n) is 1.69. The predicted molar refractivity (Wildman–Crippen MR) is 54.1 cm³/mol. The topological polar surface area (TPSA) is 9.23 Å². The molecule has 0 fully saturated rings. The molecule has 0 aliphatic heterocycles. The maximum absolute atomic E-state index is 13.0. The van der Waals surface area contributed by atoms with Crippen LogP contribution in [-0.2, 0) is 0 Å². The number of methoxy groups -OCH3 is 1. The van der Waals surface area contributed by atoms with Gasteiger partial charge in [-0.1, -0.05) is 23.9 Å². The van der Waals surface area contributed by atoms with Crippen LogP contribution in [0.2, 0.25) is 0 Å². The smallest absolute Gasteiger partial charge is 0.446 e. The highest BCUT2D eigenvalue weighted by atomic mass is 32.2. The Morgan fingerprint density at radius 3 is 2.29 bits per heavy atom. The summed E-state index contributed by atoms with van der Waals surface area (Å²) in [6.07, 6.45) is -5.32. The van der Waals surface area contributed by atoms with Crippen LogP contribution in [0.3, 0.4) is 0 Å². The Labute approximate surface area is 98.3 Å². The lowest BCUT2D eigenvalue weighted by Gasteiger charge is -2.08. The summed E-state index contributed by atoms with van der Waals surface area (Å²) in [5.41, 5.74) is 0. The van der Waals surface area contributed by atoms with Gasteiger partial charge in [-0.3, -0.25) is 0 Å². The van der Waals surface area contributed by atoms with Gasteiger partial charge in [0.15, 0.2) is 0 Å². The van der Waals surface area contributed by atoms with Gasteiger partial charge in [0.2, 0.25) is 11.0 Å². The molecule has 0 aliphatic rings. The molecule has 1 aromatic carbocycles. The van der Waals surface area contributed by atoms with Crippen molar-refractivity contribution in [3.63, 3.8) is 0 Å². The van der Waals surface area contributed by atoms with Crippen molar-refractivity contribution in [2.45, 2.75) is 11.1 Å². The summed E-state index contributed by atoms with van der Waals surface area (Å²) in [6.45, 7) is 0. The number of hydrogen-bond donors (Lipinski definition) is 0. The Morgan fingerprint density at radius 1 is 1.18 bits per heavy atom. The van der Waals surface area contributed by atoms with E-state index in [1.807, 2.05) is 0 Å². The Balaban J connectivity index is 2.99. The Bertz CT molecular complexity index is 427. The molecule has 0 unspecified atom stereocenters. The average molecular weight is 270 g/mol. The van der Waals surface area contributed by atoms with E-state index in [0.717, 1.165) is 0 Å². The van der Waals surface area contributed by atoms with Crippen molar-refractivity contribution in [3.05, 3.63) is 35.3 Å². The van der Waals surface area contributed by atoms with Crippen molar-refractivity contribution in [1.82, 2.24) is 0 Å². The highest BCUT2D eigenvalue weighted by Crippen LogP contribution is 2.40. The van der Waals surface area contributed by atoms with Gasteiger partial charge in [0.25, 0.3) is 0 Å². The quantitative estimate of drug-likeness (QED) is 0.592. The minimum atomic E-state index is -5.32. The zero-order valence-corrected chi connectivity index (χ0v) is 9.33. The lowest BCUT2D eigenvalue weighted by molar-refractivity contribution is -0.110. The van der Waals surface area contributed by atoms with Gasteiger partial charge in [-0.15, -0.1) is 0 Å². The fourth-order valence-corrected chi connectivity index (χ4v) is 1.75. The molecule has 1 rings (SSSR count). The van der Waals surface area contributed by atoms with Crippen LogP contribution >= 0.6 is 11.8 Å². The van der Waals surface area contributed by atoms with E-state index in [1.54, 1.807) is 6.07 Å². The molecule has 1 nitrogen and oxygen atoms in total. The van der Waals surface area contributed by atoms with E-state index < -0.39 is 17.2 Å². The Kier molecular flexibility index (Phi) is 4.39. The number of ether oxygens (including phenoxy) is 1. The van der Waals surface area contributed by atoms with Crippen molar-refractivity contribution in [3.8, 4) is 5.75 Å². The monoisotopic (exact) mass is 270 g/mol. The van der Waals surface area contributed by atoms with E-state index in [4.69, 9.17) is 4.74 Å². The number of halogens is 5. The molecule has 0 atom stereocenters. The molecule has 0 radical (unpaired) electrons. The minimum Gasteiger partial charge on any atom is -0.496 e. The first kappa shape index (κ1) is 13.8. The predicted octanol–water partition coefficient (Wildman–Crippen LogP) is 4.46. The molecule has 0 heterocycles. The van der Waals surface area contributed by atoms with Crippen LogP contribution in [0.5, 0.6) is 5.75 Å². The highest BCUT2D eigenvalue weighted by Gasteiger charge is 2.38. The van der Waals surface area contributed by atoms with Crippen molar-refractivity contribution in [2.24, 2.45) is 0 Å². The van der Waals surface area contributed by atoms with Gasteiger partial charge in [0, 0.05) is 0 Å². The number of para-hydroxylation sites is 1. The fraction of sp³-hybridized carbons (Fsp3) is 0.200. The average Bonchev–Trinajstić information content (AvgIpc) is 2.27. The molecular weight excluding hydrogens is 263 g/mol. The van der Waals surface area contributed by atoms with Crippen LogP contribution in [-0.4, -0.2) is 13.3 Å². The summed E-state index contributed by atoms with van der Waals surface area (Å²) >= 11 is 0.0227. The van der Waals surface area contributed by atoms with Gasteiger partial charge < -0.3 is 4.74 Å². The normalized spacial score (nSPS) is 13.3. The van der Waals surface area contributed by atoms with Crippen molar-refractivity contribution >= 4 is 11.8 Å². The van der Waals surface area contributed by atoms with E-state index in [2.05, 4.69) is 0 Å². The molecular formula is C10H7F5OS. The van der Waals surface area contributed by atoms with Crippen molar-refractivity contribution < 1.29 is 26.7 Å². The molecule has 0 aliphatic carbocycles. The summed E-state index contributed by atoms with van der Waals surface area (Å²) in [4.78, 5) is 0.0619. The zero-order chi connectivity index (χ0) is 13.1. The van der Waals surface area contributed by atoms with Crippen LogP contribution in [0.1, 0.15) is 0 Å². The van der Waals surface area contributed by atoms with Crippen molar-refractivity contribution in [1.29, 1.82) is 0 Å². The first-order valence-electron chi connectivity index (χ1n) is 4.29. The number of hydrogen-bond acceptors (Lipinski definition) is 2. The van der Waals surface area contributed by atoms with Crippen LogP contribution < -0.4 is 4.74 Å². The summed E-state index contributed by atoms with van der Waals surface area (Å²) < 4.78 is 65.9. The minimum absolute atomic E-state index is 0.0227. The van der Waals surface area contributed by atoms with Gasteiger partial charge in [-0.25, -0.2) is 0 Å². The van der Waals surface area contributed by atoms with Gasteiger partial charge in [0.05, 0.1) is 12.0 Å². The first-order chi connectivity index (χ1) is 7.86. The number of alkyl halides is 3. The molecule has 0 spiro atoms. The van der Waals surface area contributed by atoms with Crippen molar-refractivity contribution in [2.75, 3.05) is 7.11 Å². The number of thioether (sulfide) groups is 1. The SMILES string of the molecule is COc1ccccc1S/C(F)=C(\F)C(F)(F)F. The van der Waals surface area contributed by atoms with E-state index in [0.29, 0.717) is 0 Å². The molecule has 17 heavy (non-hydrogen) atoms. The molecule has 0 aromatic heterocycles. The summed E-state index contributed by atoms with van der Waals surface area (Å²) in [5, 5.41) is -1.94. The van der Waals surface area contributed by atoms with Gasteiger partial charge in [-0.05, 0) is 12.1 Å². The molecule has 94 valence electrons. The van der Waals surface area contributed by atoms with E-state index in [1.165, 1.54) is 25.3 Å². The molecule has 0 amide bonds. The summed E-state index contributed by atoms with van der Waals surface area (Å²) in [5.74, 6) is -2.57. The standard InChI is InChI=1S/C10H7F5OS/c1-16-6-4-2-3-5-7(6)17-9(12)8(11)10(13,14)15/h2-5H,1H3/b9-8-. The molecule has 0 saturated carbocycles. The van der Waals surface area contributed by atoms with Crippen LogP contribution in [0.25, 0.3) is 0 Å². The second-order valence-corrected chi connectivity index (χ2v) is 3.84.